The smallest absolute Gasteiger partial charge is 0.352 e. The Labute approximate surface area is 133 Å². The van der Waals surface area contributed by atoms with Gasteiger partial charge in [-0.3, -0.25) is 0 Å². The first-order chi connectivity index (χ1) is 10.8. The molecule has 0 amide bonds. The van der Waals surface area contributed by atoms with E-state index in [9.17, 15) is 13.2 Å². The van der Waals surface area contributed by atoms with Gasteiger partial charge in [0.1, 0.15) is 5.69 Å². The molecule has 0 fully saturated rings. The van der Waals surface area contributed by atoms with Crippen LogP contribution in [0.4, 0.5) is 19.1 Å². The molecule has 1 atom stereocenters. The molecule has 1 N–H and O–H groups in total. The van der Waals surface area contributed by atoms with Gasteiger partial charge < -0.3 is 10.2 Å². The average Bonchev–Trinajstić information content (AvgIpc) is 2.48. The minimum Gasteiger partial charge on any atom is -0.352 e. The summed E-state index contributed by atoms with van der Waals surface area (Å²) in [5.41, 5.74) is 1.27. The Balaban J connectivity index is 2.12. The van der Waals surface area contributed by atoms with Crippen LogP contribution < -0.4 is 5.32 Å². The zero-order valence-corrected chi connectivity index (χ0v) is 13.2. The highest BCUT2D eigenvalue weighted by Crippen LogP contribution is 2.27. The summed E-state index contributed by atoms with van der Waals surface area (Å²) in [6.45, 7) is 2.40. The maximum absolute atomic E-state index is 12.7. The van der Waals surface area contributed by atoms with E-state index in [-0.39, 0.29) is 12.0 Å². The quantitative estimate of drug-likeness (QED) is 0.914. The summed E-state index contributed by atoms with van der Waals surface area (Å²) in [6, 6.07) is 8.88. The van der Waals surface area contributed by atoms with Gasteiger partial charge in [-0.15, -0.1) is 0 Å². The van der Waals surface area contributed by atoms with Crippen LogP contribution in [-0.2, 0) is 6.18 Å². The van der Waals surface area contributed by atoms with Crippen molar-refractivity contribution in [3.8, 4) is 0 Å². The maximum Gasteiger partial charge on any atom is 0.433 e. The van der Waals surface area contributed by atoms with Gasteiger partial charge in [0.2, 0.25) is 5.95 Å². The van der Waals surface area contributed by atoms with Crippen molar-refractivity contribution in [2.24, 2.45) is 0 Å². The fourth-order valence-electron chi connectivity index (χ4n) is 2.18. The summed E-state index contributed by atoms with van der Waals surface area (Å²) in [5, 5.41) is 2.89. The van der Waals surface area contributed by atoms with E-state index in [1.807, 2.05) is 50.2 Å². The molecule has 0 saturated carbocycles. The summed E-state index contributed by atoms with van der Waals surface area (Å²) < 4.78 is 38.0. The number of rotatable bonds is 5. The molecule has 0 aliphatic heterocycles. The maximum atomic E-state index is 12.7. The molecular weight excluding hydrogens is 305 g/mol. The summed E-state index contributed by atoms with van der Waals surface area (Å²) in [7, 11) is 3.83. The number of benzene rings is 1. The monoisotopic (exact) mass is 324 g/mol. The third kappa shape index (κ3) is 4.66. The second kappa shape index (κ2) is 6.95. The second-order valence-corrected chi connectivity index (χ2v) is 5.53. The Morgan fingerprint density at radius 3 is 2.35 bits per heavy atom. The third-order valence-electron chi connectivity index (χ3n) is 3.49. The predicted molar refractivity (Wildman–Crippen MR) is 83.1 cm³/mol. The molecule has 0 bridgehead atoms. The number of aryl methyl sites for hydroxylation is 1. The molecule has 1 aromatic carbocycles. The predicted octanol–water partition coefficient (Wildman–Crippen LogP) is 3.52. The fraction of sp³-hybridized carbons (Fsp3) is 0.375. The van der Waals surface area contributed by atoms with Crippen LogP contribution in [0.3, 0.4) is 0 Å². The molecule has 0 radical (unpaired) electrons. The van der Waals surface area contributed by atoms with Crippen LogP contribution in [0.15, 0.2) is 36.5 Å². The van der Waals surface area contributed by atoms with Gasteiger partial charge in [-0.2, -0.15) is 13.2 Å². The lowest BCUT2D eigenvalue weighted by Gasteiger charge is -2.25. The fourth-order valence-corrected chi connectivity index (χ4v) is 2.18. The molecule has 1 heterocycles. The average molecular weight is 324 g/mol. The van der Waals surface area contributed by atoms with Crippen molar-refractivity contribution in [3.63, 3.8) is 0 Å². The Morgan fingerprint density at radius 1 is 1.13 bits per heavy atom. The highest BCUT2D eigenvalue weighted by Gasteiger charge is 2.32. The molecular formula is C16H19F3N4. The molecule has 2 rings (SSSR count). The van der Waals surface area contributed by atoms with E-state index in [4.69, 9.17) is 0 Å². The van der Waals surface area contributed by atoms with Gasteiger partial charge in [-0.1, -0.05) is 29.8 Å². The van der Waals surface area contributed by atoms with Crippen LogP contribution in [0, 0.1) is 6.92 Å². The Kier molecular flexibility index (Phi) is 5.20. The lowest BCUT2D eigenvalue weighted by molar-refractivity contribution is -0.141. The number of nitrogens with one attached hydrogen (secondary N) is 1. The first-order valence-corrected chi connectivity index (χ1v) is 7.14. The molecule has 1 aromatic heterocycles. The lowest BCUT2D eigenvalue weighted by Crippen LogP contribution is -2.27. The van der Waals surface area contributed by atoms with E-state index >= 15 is 0 Å². The van der Waals surface area contributed by atoms with Gasteiger partial charge in [0.15, 0.2) is 0 Å². The van der Waals surface area contributed by atoms with Crippen molar-refractivity contribution >= 4 is 5.95 Å². The van der Waals surface area contributed by atoms with E-state index in [1.165, 1.54) is 0 Å². The third-order valence-corrected chi connectivity index (χ3v) is 3.49. The van der Waals surface area contributed by atoms with Crippen molar-refractivity contribution in [2.75, 3.05) is 26.0 Å². The van der Waals surface area contributed by atoms with Crippen LogP contribution in [0.1, 0.15) is 22.9 Å². The zero-order chi connectivity index (χ0) is 17.0. The largest absolute Gasteiger partial charge is 0.433 e. The number of aromatic nitrogens is 2. The molecule has 0 spiro atoms. The van der Waals surface area contributed by atoms with Gasteiger partial charge in [0, 0.05) is 12.7 Å². The number of halogens is 3. The van der Waals surface area contributed by atoms with Crippen LogP contribution in [0.5, 0.6) is 0 Å². The van der Waals surface area contributed by atoms with Crippen molar-refractivity contribution < 1.29 is 13.2 Å². The SMILES string of the molecule is Cc1ccc([C@H](CNc2nccc(C(F)(F)F)n2)N(C)C)cc1. The summed E-state index contributed by atoms with van der Waals surface area (Å²) in [4.78, 5) is 9.36. The Bertz CT molecular complexity index is 639. The minimum absolute atomic E-state index is 0.00579. The van der Waals surface area contributed by atoms with Crippen LogP contribution in [-0.4, -0.2) is 35.5 Å². The van der Waals surface area contributed by atoms with Crippen molar-refractivity contribution in [1.82, 2.24) is 14.9 Å². The van der Waals surface area contributed by atoms with E-state index < -0.39 is 11.9 Å². The van der Waals surface area contributed by atoms with Crippen molar-refractivity contribution in [2.45, 2.75) is 19.1 Å². The van der Waals surface area contributed by atoms with Crippen LogP contribution >= 0.6 is 0 Å². The number of anilines is 1. The zero-order valence-electron chi connectivity index (χ0n) is 13.2. The highest BCUT2D eigenvalue weighted by atomic mass is 19.4. The minimum atomic E-state index is -4.47. The van der Waals surface area contributed by atoms with Gasteiger partial charge in [-0.05, 0) is 32.6 Å². The highest BCUT2D eigenvalue weighted by molar-refractivity contribution is 5.29. The first kappa shape index (κ1) is 17.2. The molecule has 0 aliphatic rings. The van der Waals surface area contributed by atoms with Crippen molar-refractivity contribution in [3.05, 3.63) is 53.3 Å². The number of nitrogens with zero attached hydrogens (tertiary/aromatic N) is 3. The topological polar surface area (TPSA) is 41.1 Å². The van der Waals surface area contributed by atoms with Crippen molar-refractivity contribution in [1.29, 1.82) is 0 Å². The lowest BCUT2D eigenvalue weighted by atomic mass is 10.0. The number of likely N-dealkylation sites (N-methyl/N-ethyl adjacent to an activating group) is 1. The summed E-state index contributed by atoms with van der Waals surface area (Å²) in [5.74, 6) is -0.0289. The molecule has 7 heteroatoms. The normalized spacial score (nSPS) is 13.2. The van der Waals surface area contributed by atoms with E-state index in [0.717, 1.165) is 23.4 Å². The molecule has 0 unspecified atom stereocenters. The van der Waals surface area contributed by atoms with Gasteiger partial charge in [0.05, 0.1) is 6.04 Å². The molecule has 0 saturated heterocycles. The van der Waals surface area contributed by atoms with E-state index in [2.05, 4.69) is 15.3 Å². The molecule has 23 heavy (non-hydrogen) atoms. The molecule has 4 nitrogen and oxygen atoms in total. The summed E-state index contributed by atoms with van der Waals surface area (Å²) >= 11 is 0. The van der Waals surface area contributed by atoms with Crippen LogP contribution in [0.25, 0.3) is 0 Å². The summed E-state index contributed by atoms with van der Waals surface area (Å²) in [6.07, 6.45) is -3.37. The first-order valence-electron chi connectivity index (χ1n) is 7.14. The van der Waals surface area contributed by atoms with Gasteiger partial charge >= 0.3 is 6.18 Å². The van der Waals surface area contributed by atoms with Gasteiger partial charge in [0.25, 0.3) is 0 Å². The van der Waals surface area contributed by atoms with E-state index in [1.54, 1.807) is 0 Å². The number of hydrogen-bond acceptors (Lipinski definition) is 4. The van der Waals surface area contributed by atoms with Crippen LogP contribution in [0.2, 0.25) is 0 Å². The number of hydrogen-bond donors (Lipinski definition) is 1. The molecule has 2 aromatic rings. The molecule has 0 aliphatic carbocycles. The number of alkyl halides is 3. The standard InChI is InChI=1S/C16H19F3N4/c1-11-4-6-12(7-5-11)13(23(2)3)10-21-15-20-9-8-14(22-15)16(17,18)19/h4-9,13H,10H2,1-3H3,(H,20,21,22)/t13-/m0/s1. The van der Waals surface area contributed by atoms with E-state index in [0.29, 0.717) is 6.54 Å². The molecule has 124 valence electrons. The van der Waals surface area contributed by atoms with Gasteiger partial charge in [-0.25, -0.2) is 9.97 Å². The second-order valence-electron chi connectivity index (χ2n) is 5.53. The Morgan fingerprint density at radius 2 is 1.78 bits per heavy atom. The Hall–Kier alpha value is -2.15.